The summed E-state index contributed by atoms with van der Waals surface area (Å²) in [6.45, 7) is 0.619. The lowest BCUT2D eigenvalue weighted by Crippen LogP contribution is -2.18. The molecular formula is C11H14FNO2. The number of carboxylic acids is 1. The summed E-state index contributed by atoms with van der Waals surface area (Å²) in [7, 11) is 1.77. The SMILES string of the molecule is CNCCC(C(=O)O)c1ccc(F)cc1. The molecule has 1 atom stereocenters. The van der Waals surface area contributed by atoms with E-state index in [0.29, 0.717) is 18.5 Å². The number of halogens is 1. The van der Waals surface area contributed by atoms with Gasteiger partial charge in [-0.2, -0.15) is 0 Å². The molecule has 0 aliphatic heterocycles. The van der Waals surface area contributed by atoms with Gasteiger partial charge < -0.3 is 10.4 Å². The Balaban J connectivity index is 2.79. The molecule has 0 saturated heterocycles. The molecule has 15 heavy (non-hydrogen) atoms. The van der Waals surface area contributed by atoms with Crippen molar-refractivity contribution in [1.29, 1.82) is 0 Å². The van der Waals surface area contributed by atoms with Crippen LogP contribution < -0.4 is 5.32 Å². The maximum Gasteiger partial charge on any atom is 0.311 e. The summed E-state index contributed by atoms with van der Waals surface area (Å²) in [6, 6.07) is 5.60. The molecule has 0 bridgehead atoms. The average molecular weight is 211 g/mol. The summed E-state index contributed by atoms with van der Waals surface area (Å²) in [6.07, 6.45) is 0.497. The fourth-order valence-corrected chi connectivity index (χ4v) is 1.42. The minimum Gasteiger partial charge on any atom is -0.481 e. The number of aliphatic carboxylic acids is 1. The molecule has 0 spiro atoms. The number of rotatable bonds is 5. The van der Waals surface area contributed by atoms with Crippen molar-refractivity contribution in [2.45, 2.75) is 12.3 Å². The number of carbonyl (C=O) groups is 1. The first-order valence-corrected chi connectivity index (χ1v) is 4.78. The van der Waals surface area contributed by atoms with Crippen molar-refractivity contribution in [3.8, 4) is 0 Å². The summed E-state index contributed by atoms with van der Waals surface area (Å²) in [4.78, 5) is 11.0. The van der Waals surface area contributed by atoms with E-state index in [4.69, 9.17) is 5.11 Å². The van der Waals surface area contributed by atoms with Gasteiger partial charge in [0.15, 0.2) is 0 Å². The Bertz CT molecular complexity index is 324. The zero-order valence-corrected chi connectivity index (χ0v) is 8.53. The monoisotopic (exact) mass is 211 g/mol. The maximum atomic E-state index is 12.6. The third-order valence-electron chi connectivity index (χ3n) is 2.25. The maximum absolute atomic E-state index is 12.6. The highest BCUT2D eigenvalue weighted by molar-refractivity contribution is 5.76. The molecule has 0 aromatic heterocycles. The van der Waals surface area contributed by atoms with E-state index in [9.17, 15) is 9.18 Å². The lowest BCUT2D eigenvalue weighted by atomic mass is 9.96. The van der Waals surface area contributed by atoms with E-state index in [2.05, 4.69) is 5.32 Å². The second kappa shape index (κ2) is 5.46. The van der Waals surface area contributed by atoms with Crippen LogP contribution in [0.4, 0.5) is 4.39 Å². The highest BCUT2D eigenvalue weighted by Gasteiger charge is 2.18. The molecule has 3 nitrogen and oxygen atoms in total. The highest BCUT2D eigenvalue weighted by atomic mass is 19.1. The van der Waals surface area contributed by atoms with Crippen LogP contribution >= 0.6 is 0 Å². The molecule has 0 fully saturated rings. The quantitative estimate of drug-likeness (QED) is 0.777. The van der Waals surface area contributed by atoms with E-state index in [1.54, 1.807) is 7.05 Å². The number of hydrogen-bond acceptors (Lipinski definition) is 2. The number of carboxylic acid groups (broad SMARTS) is 1. The van der Waals surface area contributed by atoms with Gasteiger partial charge in [-0.05, 0) is 37.7 Å². The Hall–Kier alpha value is -1.42. The molecule has 1 rings (SSSR count). The smallest absolute Gasteiger partial charge is 0.311 e. The van der Waals surface area contributed by atoms with Gasteiger partial charge in [0.25, 0.3) is 0 Å². The molecule has 1 aromatic carbocycles. The normalized spacial score (nSPS) is 12.4. The average Bonchev–Trinajstić information content (AvgIpc) is 2.21. The Labute approximate surface area is 87.9 Å². The summed E-state index contributed by atoms with van der Waals surface area (Å²) in [5, 5.41) is 11.9. The van der Waals surface area contributed by atoms with Gasteiger partial charge in [-0.15, -0.1) is 0 Å². The summed E-state index contributed by atoms with van der Waals surface area (Å²) in [5.74, 6) is -1.80. The van der Waals surface area contributed by atoms with Crippen molar-refractivity contribution < 1.29 is 14.3 Å². The van der Waals surface area contributed by atoms with Crippen LogP contribution in [0.15, 0.2) is 24.3 Å². The molecule has 82 valence electrons. The van der Waals surface area contributed by atoms with Crippen LogP contribution in [-0.4, -0.2) is 24.7 Å². The minimum absolute atomic E-state index is 0.350. The van der Waals surface area contributed by atoms with Crippen LogP contribution in [0.2, 0.25) is 0 Å². The molecule has 0 saturated carbocycles. The molecule has 1 unspecified atom stereocenters. The van der Waals surface area contributed by atoms with E-state index >= 15 is 0 Å². The number of nitrogens with one attached hydrogen (secondary N) is 1. The fraction of sp³-hybridized carbons (Fsp3) is 0.364. The van der Waals surface area contributed by atoms with Crippen molar-refractivity contribution in [1.82, 2.24) is 5.32 Å². The molecular weight excluding hydrogens is 197 g/mol. The van der Waals surface area contributed by atoms with E-state index in [1.807, 2.05) is 0 Å². The molecule has 0 aliphatic rings. The fourth-order valence-electron chi connectivity index (χ4n) is 1.42. The van der Waals surface area contributed by atoms with E-state index < -0.39 is 11.9 Å². The largest absolute Gasteiger partial charge is 0.481 e. The van der Waals surface area contributed by atoms with Gasteiger partial charge in [0.1, 0.15) is 5.82 Å². The predicted molar refractivity (Wildman–Crippen MR) is 55.3 cm³/mol. The van der Waals surface area contributed by atoms with Crippen molar-refractivity contribution in [3.63, 3.8) is 0 Å². The minimum atomic E-state index is -0.878. The Morgan fingerprint density at radius 3 is 2.53 bits per heavy atom. The first-order chi connectivity index (χ1) is 7.15. The first-order valence-electron chi connectivity index (χ1n) is 4.78. The standard InChI is InChI=1S/C11H14FNO2/c1-13-7-6-10(11(14)15)8-2-4-9(12)5-3-8/h2-5,10,13H,6-7H2,1H3,(H,14,15). The Morgan fingerprint density at radius 1 is 1.47 bits per heavy atom. The third-order valence-corrected chi connectivity index (χ3v) is 2.25. The first kappa shape index (κ1) is 11.7. The molecule has 0 radical (unpaired) electrons. The van der Waals surface area contributed by atoms with Gasteiger partial charge in [0, 0.05) is 0 Å². The number of hydrogen-bond donors (Lipinski definition) is 2. The topological polar surface area (TPSA) is 49.3 Å². The lowest BCUT2D eigenvalue weighted by Gasteiger charge is -2.12. The van der Waals surface area contributed by atoms with Gasteiger partial charge in [-0.3, -0.25) is 4.79 Å². The molecule has 0 aliphatic carbocycles. The molecule has 0 heterocycles. The highest BCUT2D eigenvalue weighted by Crippen LogP contribution is 2.19. The third kappa shape index (κ3) is 3.32. The Kier molecular flexibility index (Phi) is 4.24. The van der Waals surface area contributed by atoms with Crippen LogP contribution in [0, 0.1) is 5.82 Å². The van der Waals surface area contributed by atoms with E-state index in [1.165, 1.54) is 24.3 Å². The van der Waals surface area contributed by atoms with Crippen molar-refractivity contribution in [3.05, 3.63) is 35.6 Å². The van der Waals surface area contributed by atoms with Crippen molar-refractivity contribution in [2.75, 3.05) is 13.6 Å². The molecule has 1 aromatic rings. The zero-order chi connectivity index (χ0) is 11.3. The molecule has 4 heteroatoms. The predicted octanol–water partition coefficient (Wildman–Crippen LogP) is 1.60. The number of benzene rings is 1. The van der Waals surface area contributed by atoms with Gasteiger partial charge >= 0.3 is 5.97 Å². The zero-order valence-electron chi connectivity index (χ0n) is 8.53. The summed E-state index contributed by atoms with van der Waals surface area (Å²) < 4.78 is 12.6. The van der Waals surface area contributed by atoms with Crippen molar-refractivity contribution in [2.24, 2.45) is 0 Å². The van der Waals surface area contributed by atoms with Gasteiger partial charge in [0.05, 0.1) is 5.92 Å². The lowest BCUT2D eigenvalue weighted by molar-refractivity contribution is -0.138. The van der Waals surface area contributed by atoms with Crippen LogP contribution in [0.3, 0.4) is 0 Å². The summed E-state index contributed by atoms with van der Waals surface area (Å²) >= 11 is 0. The van der Waals surface area contributed by atoms with Crippen LogP contribution in [0.1, 0.15) is 17.9 Å². The van der Waals surface area contributed by atoms with Crippen LogP contribution in [0.5, 0.6) is 0 Å². The van der Waals surface area contributed by atoms with Crippen LogP contribution in [-0.2, 0) is 4.79 Å². The van der Waals surface area contributed by atoms with E-state index in [0.717, 1.165) is 0 Å². The van der Waals surface area contributed by atoms with Gasteiger partial charge in [0.2, 0.25) is 0 Å². The van der Waals surface area contributed by atoms with Crippen LogP contribution in [0.25, 0.3) is 0 Å². The van der Waals surface area contributed by atoms with Gasteiger partial charge in [-0.25, -0.2) is 4.39 Å². The summed E-state index contributed by atoms with van der Waals surface area (Å²) in [5.41, 5.74) is 0.638. The van der Waals surface area contributed by atoms with Crippen molar-refractivity contribution >= 4 is 5.97 Å². The van der Waals surface area contributed by atoms with E-state index in [-0.39, 0.29) is 5.82 Å². The second-order valence-corrected chi connectivity index (χ2v) is 3.33. The molecule has 2 N–H and O–H groups in total. The molecule has 0 amide bonds. The van der Waals surface area contributed by atoms with Gasteiger partial charge in [-0.1, -0.05) is 12.1 Å². The Morgan fingerprint density at radius 2 is 2.07 bits per heavy atom. The second-order valence-electron chi connectivity index (χ2n) is 3.33.